The molecule has 2 amide bonds. The molecule has 4 N–H and O–H groups in total. The van der Waals surface area contributed by atoms with E-state index in [1.54, 1.807) is 12.0 Å². The van der Waals surface area contributed by atoms with Crippen molar-refractivity contribution in [1.29, 1.82) is 0 Å². The molecule has 0 radical (unpaired) electrons. The van der Waals surface area contributed by atoms with E-state index < -0.39 is 40.0 Å². The number of rotatable bonds is 16. The van der Waals surface area contributed by atoms with Crippen molar-refractivity contribution >= 4 is 21.7 Å². The van der Waals surface area contributed by atoms with Crippen molar-refractivity contribution in [3.8, 4) is 0 Å². The van der Waals surface area contributed by atoms with E-state index in [1.807, 2.05) is 63.1 Å². The fourth-order valence-electron chi connectivity index (χ4n) is 10.0. The molecule has 14 heteroatoms. The number of aliphatic hydroxyl groups is 2. The van der Waals surface area contributed by atoms with E-state index in [1.165, 1.54) is 12.7 Å². The maximum Gasteiger partial charge on any atom is 0.251 e. The van der Waals surface area contributed by atoms with Crippen molar-refractivity contribution in [2.45, 2.75) is 90.6 Å². The second kappa shape index (κ2) is 17.4. The fraction of sp³-hybridized carbons (Fsp3) is 0.756. The Bertz CT molecular complexity index is 1650. The van der Waals surface area contributed by atoms with Crippen LogP contribution in [0.2, 0.25) is 0 Å². The molecule has 4 fully saturated rings. The number of hydrogen-bond acceptors (Lipinski definition) is 11. The van der Waals surface area contributed by atoms with Crippen LogP contribution in [-0.4, -0.2) is 142 Å². The summed E-state index contributed by atoms with van der Waals surface area (Å²) in [5, 5.41) is 29.3. The first-order valence-electron chi connectivity index (χ1n) is 20.0. The van der Waals surface area contributed by atoms with Crippen LogP contribution in [0.3, 0.4) is 0 Å². The van der Waals surface area contributed by atoms with Crippen LogP contribution in [0.1, 0.15) is 60.3 Å². The highest BCUT2D eigenvalue weighted by Gasteiger charge is 2.57. The van der Waals surface area contributed by atoms with Crippen LogP contribution in [0.15, 0.2) is 46.9 Å². The molecule has 1 saturated heterocycles. The van der Waals surface area contributed by atoms with E-state index in [-0.39, 0.29) is 54.0 Å². The lowest BCUT2D eigenvalue weighted by molar-refractivity contribution is -0.173. The van der Waals surface area contributed by atoms with Crippen LogP contribution in [-0.2, 0) is 29.0 Å². The summed E-state index contributed by atoms with van der Waals surface area (Å²) >= 11 is 0. The molecule has 2 unspecified atom stereocenters. The largest absolute Gasteiger partial charge is 0.498 e. The molecular weight excluding hydrogens is 723 g/mol. The standard InChI is InChI=1S/C41H67N5O8S/c1-11-53-38-26(20-46-37(36(25(3)48)35(22-47)54-46)40(50)43-34-19-29-18-33(24(34)2)41(29,4)5)13-12-14-32(38)27-15-28(17-31(16-27)45(8)9)39(49)42-30(21-44(6)7)23-55(10,51)52/h12-13,15,17,24-25,27,29-30,32-37,47-48H,11,14,16,18-23H2,1-10H3,(H,42,49)(H,43,50)/t24-,25-,27?,29+,30+,32?,33-,34-,35-,36+,37-/m0/s1. The third-order valence-electron chi connectivity index (χ3n) is 13.0. The van der Waals surface area contributed by atoms with Crippen molar-refractivity contribution in [2.24, 2.45) is 40.9 Å². The second-order valence-electron chi connectivity index (χ2n) is 17.8. The van der Waals surface area contributed by atoms with Gasteiger partial charge in [-0.3, -0.25) is 14.4 Å². The van der Waals surface area contributed by atoms with E-state index in [9.17, 15) is 28.2 Å². The fourth-order valence-corrected chi connectivity index (χ4v) is 11.0. The number of fused-ring (bicyclic) bond motifs is 2. The number of likely N-dealkylation sites (N-methyl/N-ethyl adjacent to an activating group) is 1. The normalized spacial score (nSPS) is 33.0. The maximum absolute atomic E-state index is 14.3. The molecule has 1 heterocycles. The van der Waals surface area contributed by atoms with Gasteiger partial charge in [-0.05, 0) is 88.8 Å². The molecule has 1 aliphatic heterocycles. The highest BCUT2D eigenvalue weighted by atomic mass is 32.2. The summed E-state index contributed by atoms with van der Waals surface area (Å²) in [5.41, 5.74) is 2.52. The van der Waals surface area contributed by atoms with E-state index >= 15 is 0 Å². The first kappa shape index (κ1) is 43.4. The van der Waals surface area contributed by atoms with Gasteiger partial charge in [0.25, 0.3) is 5.91 Å². The number of allylic oxidation sites excluding steroid dienone is 4. The third-order valence-corrected chi connectivity index (χ3v) is 14.0. The Hall–Kier alpha value is -2.75. The van der Waals surface area contributed by atoms with E-state index in [0.717, 1.165) is 23.5 Å². The Morgan fingerprint density at radius 3 is 2.45 bits per heavy atom. The van der Waals surface area contributed by atoms with Gasteiger partial charge in [0.1, 0.15) is 27.7 Å². The summed E-state index contributed by atoms with van der Waals surface area (Å²) < 4.78 is 30.9. The molecule has 0 spiro atoms. The van der Waals surface area contributed by atoms with Crippen LogP contribution >= 0.6 is 0 Å². The average Bonchev–Trinajstić information content (AvgIpc) is 3.47. The zero-order valence-electron chi connectivity index (χ0n) is 34.6. The van der Waals surface area contributed by atoms with Gasteiger partial charge in [-0.15, -0.1) is 0 Å². The molecular formula is C41H67N5O8S. The molecule has 0 aromatic rings. The smallest absolute Gasteiger partial charge is 0.251 e. The van der Waals surface area contributed by atoms with Gasteiger partial charge in [0.2, 0.25) is 5.91 Å². The Morgan fingerprint density at radius 2 is 1.89 bits per heavy atom. The van der Waals surface area contributed by atoms with Gasteiger partial charge in [-0.25, -0.2) is 8.42 Å². The summed E-state index contributed by atoms with van der Waals surface area (Å²) in [5.74, 6) is 0.540. The molecule has 0 aromatic carbocycles. The summed E-state index contributed by atoms with van der Waals surface area (Å²) in [6, 6.07) is -1.40. The van der Waals surface area contributed by atoms with Gasteiger partial charge in [0, 0.05) is 61.6 Å². The number of hydrogen-bond donors (Lipinski definition) is 4. The molecule has 310 valence electrons. The Morgan fingerprint density at radius 1 is 1.18 bits per heavy atom. The lowest BCUT2D eigenvalue weighted by Crippen LogP contribution is -2.62. The number of nitrogens with zero attached hydrogens (tertiary/aromatic N) is 3. The van der Waals surface area contributed by atoms with Crippen molar-refractivity contribution in [3.05, 3.63) is 46.9 Å². The third kappa shape index (κ3) is 9.69. The molecule has 11 atom stereocenters. The molecule has 2 bridgehead atoms. The van der Waals surface area contributed by atoms with Crippen molar-refractivity contribution in [3.63, 3.8) is 0 Å². The highest BCUT2D eigenvalue weighted by Crippen LogP contribution is 2.61. The summed E-state index contributed by atoms with van der Waals surface area (Å²) in [7, 11) is 4.22. The van der Waals surface area contributed by atoms with Gasteiger partial charge in [0.05, 0.1) is 37.7 Å². The van der Waals surface area contributed by atoms with Gasteiger partial charge in [-0.1, -0.05) is 39.0 Å². The monoisotopic (exact) mass is 789 g/mol. The van der Waals surface area contributed by atoms with Crippen LogP contribution in [0.25, 0.3) is 0 Å². The quantitative estimate of drug-likeness (QED) is 0.182. The molecule has 13 nitrogen and oxygen atoms in total. The zero-order valence-corrected chi connectivity index (χ0v) is 35.4. The molecule has 5 aliphatic carbocycles. The zero-order chi connectivity index (χ0) is 40.6. The number of carbonyl (C=O) groups is 2. The minimum atomic E-state index is -3.35. The Kier molecular flexibility index (Phi) is 13.7. The van der Waals surface area contributed by atoms with Gasteiger partial charge >= 0.3 is 0 Å². The summed E-state index contributed by atoms with van der Waals surface area (Å²) in [6.45, 7) is 11.1. The van der Waals surface area contributed by atoms with E-state index in [0.29, 0.717) is 49.3 Å². The molecule has 55 heavy (non-hydrogen) atoms. The first-order valence-corrected chi connectivity index (χ1v) is 22.1. The summed E-state index contributed by atoms with van der Waals surface area (Å²) in [4.78, 5) is 38.3. The van der Waals surface area contributed by atoms with Crippen LogP contribution in [0.4, 0.5) is 0 Å². The number of ether oxygens (including phenoxy) is 1. The molecule has 3 saturated carbocycles. The van der Waals surface area contributed by atoms with Crippen LogP contribution in [0, 0.1) is 40.9 Å². The number of hydroxylamine groups is 2. The average molecular weight is 790 g/mol. The number of sulfone groups is 1. The molecule has 6 rings (SSSR count). The van der Waals surface area contributed by atoms with Gasteiger partial charge in [0.15, 0.2) is 0 Å². The predicted molar refractivity (Wildman–Crippen MR) is 213 cm³/mol. The number of nitrogens with one attached hydrogen (secondary N) is 2. The predicted octanol–water partition coefficient (Wildman–Crippen LogP) is 2.50. The number of aliphatic hydroxyl groups excluding tert-OH is 2. The number of carbonyl (C=O) groups excluding carboxylic acids is 2. The lowest BCUT2D eigenvalue weighted by atomic mass is 9.45. The Labute approximate surface area is 329 Å². The molecule has 6 aliphatic rings. The van der Waals surface area contributed by atoms with Crippen molar-refractivity contribution in [2.75, 3.05) is 66.5 Å². The summed E-state index contributed by atoms with van der Waals surface area (Å²) in [6.07, 6.45) is 10.8. The minimum Gasteiger partial charge on any atom is -0.498 e. The van der Waals surface area contributed by atoms with E-state index in [2.05, 4.69) is 37.5 Å². The SMILES string of the molecule is CCOC1=C(CN2O[C@@H](CO)[C@@H]([C@H](C)O)[C@H]2C(=O)N[C@H]2C[C@H]3C[C@@H]([C@@H]2C)C3(C)C)C=CCC1C1C=C(C(=O)N[C@H](CN(C)C)CS(C)(=O)=O)C=C(N(C)C)C1. The Balaban J connectivity index is 1.42. The van der Waals surface area contributed by atoms with Gasteiger partial charge < -0.3 is 35.4 Å². The van der Waals surface area contributed by atoms with Crippen LogP contribution in [0.5, 0.6) is 0 Å². The minimum absolute atomic E-state index is 0.0269. The van der Waals surface area contributed by atoms with Gasteiger partial charge in [-0.2, -0.15) is 5.06 Å². The topological polar surface area (TPSA) is 161 Å². The first-order chi connectivity index (χ1) is 25.7. The van der Waals surface area contributed by atoms with Crippen molar-refractivity contribution < 1.29 is 37.8 Å². The maximum atomic E-state index is 14.3. The lowest BCUT2D eigenvalue weighted by Gasteiger charge is -2.62. The van der Waals surface area contributed by atoms with Crippen molar-refractivity contribution in [1.82, 2.24) is 25.5 Å². The second-order valence-corrected chi connectivity index (χ2v) is 20.0. The number of amides is 2. The molecule has 0 aromatic heterocycles. The van der Waals surface area contributed by atoms with Crippen LogP contribution < -0.4 is 10.6 Å². The highest BCUT2D eigenvalue weighted by molar-refractivity contribution is 7.90. The van der Waals surface area contributed by atoms with E-state index in [4.69, 9.17) is 9.57 Å².